The van der Waals surface area contributed by atoms with Crippen molar-refractivity contribution in [3.63, 3.8) is 0 Å². The highest BCUT2D eigenvalue weighted by Gasteiger charge is 2.59. The summed E-state index contributed by atoms with van der Waals surface area (Å²) in [5.41, 5.74) is -0.305. The quantitative estimate of drug-likeness (QED) is 0.532. The van der Waals surface area contributed by atoms with Crippen molar-refractivity contribution in [3.05, 3.63) is 10.6 Å². The van der Waals surface area contributed by atoms with E-state index in [2.05, 4.69) is 18.2 Å². The lowest BCUT2D eigenvalue weighted by molar-refractivity contribution is -0.146. The van der Waals surface area contributed by atoms with Crippen LogP contribution in [0, 0.1) is 34.5 Å². The van der Waals surface area contributed by atoms with Crippen molar-refractivity contribution in [1.29, 1.82) is 0 Å². The average Bonchev–Trinajstić information content (AvgIpc) is 3.13. The van der Waals surface area contributed by atoms with E-state index in [1.165, 1.54) is 11.3 Å². The fourth-order valence-electron chi connectivity index (χ4n) is 5.90. The lowest BCUT2D eigenvalue weighted by Crippen LogP contribution is -2.57. The van der Waals surface area contributed by atoms with Crippen molar-refractivity contribution in [3.8, 4) is 12.3 Å². The first-order valence-corrected chi connectivity index (χ1v) is 12.8. The van der Waals surface area contributed by atoms with Gasteiger partial charge in [-0.3, -0.25) is 9.59 Å². The van der Waals surface area contributed by atoms with Gasteiger partial charge in [0.15, 0.2) is 5.13 Å². The normalized spacial score (nSPS) is 30.6. The Hall–Kier alpha value is -1.95. The second-order valence-electron chi connectivity index (χ2n) is 11.8. The Bertz CT molecular complexity index is 978. The summed E-state index contributed by atoms with van der Waals surface area (Å²) >= 11 is 1.44. The minimum Gasteiger partial charge on any atom is -0.396 e. The molecule has 7 nitrogen and oxygen atoms in total. The fraction of sp³-hybridized carbons (Fsp3) is 0.731. The van der Waals surface area contributed by atoms with Gasteiger partial charge < -0.3 is 20.4 Å². The highest BCUT2D eigenvalue weighted by atomic mass is 32.1. The molecule has 2 aliphatic rings. The molecule has 0 radical (unpaired) electrons. The van der Waals surface area contributed by atoms with Gasteiger partial charge in [-0.15, -0.1) is 17.8 Å². The number of fused-ring (bicyclic) bond motifs is 2. The van der Waals surface area contributed by atoms with E-state index in [0.717, 1.165) is 17.0 Å². The summed E-state index contributed by atoms with van der Waals surface area (Å²) in [4.78, 5) is 33.1. The third-order valence-electron chi connectivity index (χ3n) is 7.96. The first-order valence-electron chi connectivity index (χ1n) is 12.0. The predicted octanol–water partition coefficient (Wildman–Crippen LogP) is 3.42. The Labute approximate surface area is 207 Å². The predicted molar refractivity (Wildman–Crippen MR) is 134 cm³/mol. The molecule has 3 rings (SSSR count). The number of hydrogen-bond acceptors (Lipinski definition) is 6. The number of carbonyl (C=O) groups excluding carboxylic acids is 2. The van der Waals surface area contributed by atoms with Crippen LogP contribution in [0.15, 0.2) is 0 Å². The first kappa shape index (κ1) is 26.7. The van der Waals surface area contributed by atoms with Crippen molar-refractivity contribution in [2.24, 2.45) is 22.2 Å². The lowest BCUT2D eigenvalue weighted by Gasteiger charge is -2.58. The van der Waals surface area contributed by atoms with Crippen molar-refractivity contribution < 1.29 is 19.8 Å². The van der Waals surface area contributed by atoms with Gasteiger partial charge in [-0.05, 0) is 36.0 Å². The van der Waals surface area contributed by atoms with E-state index in [4.69, 9.17) is 11.4 Å². The number of nitrogens with zero attached hydrogens (tertiary/aromatic N) is 2. The third-order valence-corrected chi connectivity index (χ3v) is 8.97. The second kappa shape index (κ2) is 9.60. The second-order valence-corrected chi connectivity index (χ2v) is 12.9. The zero-order valence-electron chi connectivity index (χ0n) is 21.3. The topological polar surface area (TPSA) is 103 Å². The van der Waals surface area contributed by atoms with E-state index >= 15 is 0 Å². The molecule has 0 saturated heterocycles. The van der Waals surface area contributed by atoms with E-state index in [1.807, 2.05) is 27.7 Å². The van der Waals surface area contributed by atoms with Gasteiger partial charge in [-0.2, -0.15) is 0 Å². The SMILES string of the molecule is C#CCN(C)C(=O)CC1c2nc(NC(=O)CC(C)(C)C)sc2CC2C(C)(CO)C(O)CCC12C. The molecule has 3 N–H and O–H groups in total. The molecule has 188 valence electrons. The number of aliphatic hydroxyl groups is 2. The molecule has 5 unspecified atom stereocenters. The fourth-order valence-corrected chi connectivity index (χ4v) is 6.98. The number of aliphatic hydroxyl groups excluding tert-OH is 2. The van der Waals surface area contributed by atoms with Gasteiger partial charge in [-0.25, -0.2) is 4.98 Å². The molecular formula is C26H39N3O4S. The summed E-state index contributed by atoms with van der Waals surface area (Å²) in [6, 6.07) is 0. The Balaban J connectivity index is 2.02. The highest BCUT2D eigenvalue weighted by Crippen LogP contribution is 2.62. The molecule has 8 heteroatoms. The summed E-state index contributed by atoms with van der Waals surface area (Å²) in [6.07, 6.45) is 7.37. The number of terminal acetylenes is 1. The molecule has 34 heavy (non-hydrogen) atoms. The third kappa shape index (κ3) is 5.02. The molecular weight excluding hydrogens is 450 g/mol. The number of anilines is 1. The van der Waals surface area contributed by atoms with Crippen LogP contribution in [-0.2, 0) is 16.0 Å². The maximum Gasteiger partial charge on any atom is 0.226 e. The van der Waals surface area contributed by atoms with E-state index < -0.39 is 11.5 Å². The van der Waals surface area contributed by atoms with Crippen molar-refractivity contribution >= 4 is 28.3 Å². The van der Waals surface area contributed by atoms with Crippen LogP contribution < -0.4 is 5.32 Å². The van der Waals surface area contributed by atoms with Gasteiger partial charge in [0, 0.05) is 36.1 Å². The molecule has 0 aliphatic heterocycles. The number of thiazole rings is 1. The van der Waals surface area contributed by atoms with Crippen LogP contribution in [0.5, 0.6) is 0 Å². The monoisotopic (exact) mass is 489 g/mol. The van der Waals surface area contributed by atoms with Crippen molar-refractivity contribution in [2.45, 2.75) is 78.7 Å². The van der Waals surface area contributed by atoms with Gasteiger partial charge in [-0.1, -0.05) is 40.5 Å². The maximum absolute atomic E-state index is 13.1. The molecule has 0 spiro atoms. The van der Waals surface area contributed by atoms with Crippen LogP contribution in [-0.4, -0.2) is 58.2 Å². The smallest absolute Gasteiger partial charge is 0.226 e. The zero-order chi connectivity index (χ0) is 25.5. The van der Waals surface area contributed by atoms with Crippen LogP contribution in [0.1, 0.15) is 76.8 Å². The molecule has 2 amide bonds. The number of carbonyl (C=O) groups is 2. The largest absolute Gasteiger partial charge is 0.396 e. The molecule has 0 aromatic carbocycles. The molecule has 1 heterocycles. The van der Waals surface area contributed by atoms with E-state index in [-0.39, 0.29) is 54.1 Å². The van der Waals surface area contributed by atoms with Gasteiger partial charge in [0.05, 0.1) is 24.9 Å². The first-order chi connectivity index (χ1) is 15.7. The van der Waals surface area contributed by atoms with E-state index in [1.54, 1.807) is 11.9 Å². The lowest BCUT2D eigenvalue weighted by atomic mass is 9.47. The Morgan fingerprint density at radius 3 is 2.62 bits per heavy atom. The standard InChI is InChI=1S/C26H39N3O4S/c1-8-11-29(7)21(33)12-16-22-17(34-23(28-22)27-20(32)14-24(2,3)4)13-18-25(16,5)10-9-19(31)26(18,6)15-30/h1,16,18-19,30-31H,9-15H2,2-7H3,(H,27,28,32). The molecule has 1 saturated carbocycles. The van der Waals surface area contributed by atoms with Gasteiger partial charge >= 0.3 is 0 Å². The Morgan fingerprint density at radius 1 is 1.35 bits per heavy atom. The van der Waals surface area contributed by atoms with Crippen LogP contribution in [0.4, 0.5) is 5.13 Å². The van der Waals surface area contributed by atoms with Crippen LogP contribution >= 0.6 is 11.3 Å². The molecule has 1 fully saturated rings. The van der Waals surface area contributed by atoms with Crippen LogP contribution in [0.3, 0.4) is 0 Å². The molecule has 5 atom stereocenters. The zero-order valence-corrected chi connectivity index (χ0v) is 22.1. The van der Waals surface area contributed by atoms with Gasteiger partial charge in [0.1, 0.15) is 0 Å². The van der Waals surface area contributed by atoms with E-state index in [0.29, 0.717) is 24.4 Å². The number of aromatic nitrogens is 1. The number of amides is 2. The van der Waals surface area contributed by atoms with E-state index in [9.17, 15) is 19.8 Å². The summed E-state index contributed by atoms with van der Waals surface area (Å²) in [5.74, 6) is 2.15. The molecule has 1 aromatic heterocycles. The number of nitrogens with one attached hydrogen (secondary N) is 1. The van der Waals surface area contributed by atoms with Gasteiger partial charge in [0.25, 0.3) is 0 Å². The Morgan fingerprint density at radius 2 is 2.03 bits per heavy atom. The molecule has 1 aromatic rings. The maximum atomic E-state index is 13.1. The number of rotatable bonds is 6. The van der Waals surface area contributed by atoms with Crippen LogP contribution in [0.25, 0.3) is 0 Å². The van der Waals surface area contributed by atoms with Crippen LogP contribution in [0.2, 0.25) is 0 Å². The summed E-state index contributed by atoms with van der Waals surface area (Å²) < 4.78 is 0. The summed E-state index contributed by atoms with van der Waals surface area (Å²) in [5, 5.41) is 24.7. The molecule has 0 bridgehead atoms. The van der Waals surface area contributed by atoms with Crippen molar-refractivity contribution in [2.75, 3.05) is 25.5 Å². The minimum absolute atomic E-state index is 0.0319. The van der Waals surface area contributed by atoms with Crippen molar-refractivity contribution in [1.82, 2.24) is 9.88 Å². The average molecular weight is 490 g/mol. The minimum atomic E-state index is -0.684. The van der Waals surface area contributed by atoms with Gasteiger partial charge in [0.2, 0.25) is 11.8 Å². The number of hydrogen-bond donors (Lipinski definition) is 3. The summed E-state index contributed by atoms with van der Waals surface area (Å²) in [7, 11) is 1.70. The summed E-state index contributed by atoms with van der Waals surface area (Å²) in [6.45, 7) is 10.3. The highest BCUT2D eigenvalue weighted by molar-refractivity contribution is 7.15. The molecule has 2 aliphatic carbocycles. The Kier molecular flexibility index (Phi) is 7.52.